The van der Waals surface area contributed by atoms with Gasteiger partial charge in [0.1, 0.15) is 5.75 Å². The smallest absolute Gasteiger partial charge is 0.142 e. The van der Waals surface area contributed by atoms with E-state index in [-0.39, 0.29) is 0 Å². The maximum Gasteiger partial charge on any atom is 0.142 e. The van der Waals surface area contributed by atoms with Crippen molar-refractivity contribution in [1.29, 1.82) is 0 Å². The number of anilines is 1. The number of methoxy groups -OCH3 is 1. The van der Waals surface area contributed by atoms with Crippen molar-refractivity contribution in [3.05, 3.63) is 23.2 Å². The number of hydrogen-bond donors (Lipinski definition) is 1. The summed E-state index contributed by atoms with van der Waals surface area (Å²) in [7, 11) is 1.69. The van der Waals surface area contributed by atoms with Gasteiger partial charge >= 0.3 is 0 Å². The molecular weight excluding hydrogens is 236 g/mol. The van der Waals surface area contributed by atoms with Crippen LogP contribution in [-0.4, -0.2) is 26.2 Å². The molecule has 94 valence electrons. The van der Waals surface area contributed by atoms with E-state index >= 15 is 0 Å². The van der Waals surface area contributed by atoms with Crippen LogP contribution in [0.4, 0.5) is 5.69 Å². The summed E-state index contributed by atoms with van der Waals surface area (Å²) >= 11 is 6.05. The molecule has 2 atom stereocenters. The summed E-state index contributed by atoms with van der Waals surface area (Å²) in [5.74, 6) is 1.37. The molecule has 0 radical (unpaired) electrons. The number of nitrogens with two attached hydrogens (primary N) is 1. The monoisotopic (exact) mass is 254 g/mol. The fourth-order valence-corrected chi connectivity index (χ4v) is 2.46. The van der Waals surface area contributed by atoms with Crippen molar-refractivity contribution in [2.75, 3.05) is 25.1 Å². The Morgan fingerprint density at radius 2 is 2.24 bits per heavy atom. The summed E-state index contributed by atoms with van der Waals surface area (Å²) < 4.78 is 5.38. The van der Waals surface area contributed by atoms with Crippen molar-refractivity contribution in [3.63, 3.8) is 0 Å². The average molecular weight is 255 g/mol. The zero-order chi connectivity index (χ0) is 12.4. The molecule has 1 heterocycles. The lowest BCUT2D eigenvalue weighted by Crippen LogP contribution is -2.46. The Labute approximate surface area is 107 Å². The molecule has 0 aromatic heterocycles. The van der Waals surface area contributed by atoms with Gasteiger partial charge in [0, 0.05) is 24.2 Å². The van der Waals surface area contributed by atoms with Crippen molar-refractivity contribution in [3.8, 4) is 5.75 Å². The topological polar surface area (TPSA) is 38.5 Å². The minimum atomic E-state index is 0.302. The second kappa shape index (κ2) is 5.15. The van der Waals surface area contributed by atoms with E-state index in [9.17, 15) is 0 Å². The van der Waals surface area contributed by atoms with Crippen LogP contribution in [0.25, 0.3) is 0 Å². The molecule has 0 bridgehead atoms. The van der Waals surface area contributed by atoms with Crippen LogP contribution in [0.5, 0.6) is 5.75 Å². The lowest BCUT2D eigenvalue weighted by Gasteiger charge is -2.37. The highest BCUT2D eigenvalue weighted by Crippen LogP contribution is 2.33. The highest BCUT2D eigenvalue weighted by molar-refractivity contribution is 6.30. The minimum absolute atomic E-state index is 0.302. The van der Waals surface area contributed by atoms with E-state index in [1.54, 1.807) is 7.11 Å². The normalized spacial score (nSPS) is 24.8. The van der Waals surface area contributed by atoms with Gasteiger partial charge in [-0.05, 0) is 30.5 Å². The van der Waals surface area contributed by atoms with Gasteiger partial charge in [0.05, 0.1) is 12.8 Å². The number of hydrogen-bond acceptors (Lipinski definition) is 3. The second-order valence-corrected chi connectivity index (χ2v) is 5.13. The van der Waals surface area contributed by atoms with Crippen LogP contribution >= 0.6 is 11.6 Å². The largest absolute Gasteiger partial charge is 0.495 e. The summed E-state index contributed by atoms with van der Waals surface area (Å²) in [4.78, 5) is 2.30. The zero-order valence-corrected chi connectivity index (χ0v) is 11.1. The Morgan fingerprint density at radius 1 is 1.47 bits per heavy atom. The summed E-state index contributed by atoms with van der Waals surface area (Å²) in [5, 5.41) is 0.739. The maximum absolute atomic E-state index is 6.05. The Bertz CT molecular complexity index is 397. The van der Waals surface area contributed by atoms with Crippen LogP contribution in [0.15, 0.2) is 18.2 Å². The van der Waals surface area contributed by atoms with Gasteiger partial charge < -0.3 is 15.4 Å². The number of ether oxygens (including phenoxy) is 1. The Kier molecular flexibility index (Phi) is 3.79. The van der Waals surface area contributed by atoms with E-state index in [1.807, 2.05) is 18.2 Å². The molecule has 2 unspecified atom stereocenters. The van der Waals surface area contributed by atoms with Gasteiger partial charge in [0.15, 0.2) is 0 Å². The SMILES string of the molecule is COc1ccc(Cl)cc1N1CCC(N)C(C)C1. The van der Waals surface area contributed by atoms with E-state index in [0.717, 1.165) is 36.0 Å². The molecule has 1 aliphatic heterocycles. The van der Waals surface area contributed by atoms with Gasteiger partial charge in [0.2, 0.25) is 0 Å². The van der Waals surface area contributed by atoms with Gasteiger partial charge in [-0.25, -0.2) is 0 Å². The van der Waals surface area contributed by atoms with Crippen LogP contribution in [0.2, 0.25) is 5.02 Å². The third kappa shape index (κ3) is 2.67. The van der Waals surface area contributed by atoms with E-state index in [4.69, 9.17) is 22.1 Å². The fourth-order valence-electron chi connectivity index (χ4n) is 2.29. The lowest BCUT2D eigenvalue weighted by molar-refractivity contribution is 0.374. The first-order chi connectivity index (χ1) is 8.11. The quantitative estimate of drug-likeness (QED) is 0.882. The molecule has 1 aromatic rings. The number of halogens is 1. The highest BCUT2D eigenvalue weighted by atomic mass is 35.5. The molecule has 3 nitrogen and oxygen atoms in total. The number of piperidine rings is 1. The molecular formula is C13H19ClN2O. The molecule has 0 spiro atoms. The van der Waals surface area contributed by atoms with E-state index in [0.29, 0.717) is 12.0 Å². The van der Waals surface area contributed by atoms with Crippen LogP contribution < -0.4 is 15.4 Å². The number of rotatable bonds is 2. The van der Waals surface area contributed by atoms with Crippen LogP contribution in [-0.2, 0) is 0 Å². The van der Waals surface area contributed by atoms with Crippen LogP contribution in [0, 0.1) is 5.92 Å². The first-order valence-corrected chi connectivity index (χ1v) is 6.33. The summed E-state index contributed by atoms with van der Waals surface area (Å²) in [6.07, 6.45) is 1.01. The van der Waals surface area contributed by atoms with E-state index in [1.165, 1.54) is 0 Å². The van der Waals surface area contributed by atoms with Crippen molar-refractivity contribution in [2.45, 2.75) is 19.4 Å². The molecule has 2 N–H and O–H groups in total. The molecule has 1 aromatic carbocycles. The molecule has 1 fully saturated rings. The Balaban J connectivity index is 2.24. The number of benzene rings is 1. The third-order valence-corrected chi connectivity index (χ3v) is 3.69. The van der Waals surface area contributed by atoms with Crippen molar-refractivity contribution in [1.82, 2.24) is 0 Å². The molecule has 1 aliphatic rings. The predicted octanol–water partition coefficient (Wildman–Crippen LogP) is 2.52. The molecule has 0 amide bonds. The van der Waals surface area contributed by atoms with Gasteiger partial charge in [0.25, 0.3) is 0 Å². The minimum Gasteiger partial charge on any atom is -0.495 e. The van der Waals surface area contributed by atoms with Gasteiger partial charge in [-0.2, -0.15) is 0 Å². The van der Waals surface area contributed by atoms with Gasteiger partial charge in [-0.15, -0.1) is 0 Å². The first kappa shape index (κ1) is 12.5. The van der Waals surface area contributed by atoms with Crippen LogP contribution in [0.3, 0.4) is 0 Å². The first-order valence-electron chi connectivity index (χ1n) is 5.96. The molecule has 2 rings (SSSR count). The van der Waals surface area contributed by atoms with Gasteiger partial charge in [-0.1, -0.05) is 18.5 Å². The summed E-state index contributed by atoms with van der Waals surface area (Å²) in [5.41, 5.74) is 7.10. The Morgan fingerprint density at radius 3 is 2.88 bits per heavy atom. The lowest BCUT2D eigenvalue weighted by atomic mass is 9.94. The second-order valence-electron chi connectivity index (χ2n) is 4.69. The van der Waals surface area contributed by atoms with E-state index < -0.39 is 0 Å². The van der Waals surface area contributed by atoms with Gasteiger partial charge in [-0.3, -0.25) is 0 Å². The van der Waals surface area contributed by atoms with Crippen LogP contribution in [0.1, 0.15) is 13.3 Å². The third-order valence-electron chi connectivity index (χ3n) is 3.45. The van der Waals surface area contributed by atoms with E-state index in [2.05, 4.69) is 11.8 Å². The molecule has 17 heavy (non-hydrogen) atoms. The van der Waals surface area contributed by atoms with Crippen molar-refractivity contribution < 1.29 is 4.74 Å². The molecule has 0 saturated carbocycles. The standard InChI is InChI=1S/C13H19ClN2O/c1-9-8-16(6-5-11(9)15)12-7-10(14)3-4-13(12)17-2/h3-4,7,9,11H,5-6,8,15H2,1-2H3. The summed E-state index contributed by atoms with van der Waals surface area (Å²) in [6, 6.07) is 6.03. The van der Waals surface area contributed by atoms with Crippen molar-refractivity contribution in [2.24, 2.45) is 11.7 Å². The van der Waals surface area contributed by atoms with Crippen molar-refractivity contribution >= 4 is 17.3 Å². The highest BCUT2D eigenvalue weighted by Gasteiger charge is 2.24. The zero-order valence-electron chi connectivity index (χ0n) is 10.3. The predicted molar refractivity (Wildman–Crippen MR) is 72.0 cm³/mol. The fraction of sp³-hybridized carbons (Fsp3) is 0.538. The Hall–Kier alpha value is -0.930. The summed E-state index contributed by atoms with van der Waals surface area (Å²) in [6.45, 7) is 4.11. The maximum atomic E-state index is 6.05. The molecule has 4 heteroatoms. The molecule has 1 saturated heterocycles. The number of nitrogens with zero attached hydrogens (tertiary/aromatic N) is 1. The average Bonchev–Trinajstić information content (AvgIpc) is 2.32. The molecule has 0 aliphatic carbocycles.